The molecule has 224 valence electrons. The molecule has 0 amide bonds. The monoisotopic (exact) mass is 572 g/mol. The second-order valence-electron chi connectivity index (χ2n) is 10.3. The van der Waals surface area contributed by atoms with Crippen molar-refractivity contribution in [2.45, 2.75) is 77.7 Å². The molecular formula is C36H44O6. The van der Waals surface area contributed by atoms with Crippen LogP contribution in [-0.4, -0.2) is 26.0 Å². The van der Waals surface area contributed by atoms with E-state index in [1.54, 1.807) is 49.6 Å². The third-order valence-electron chi connectivity index (χ3n) is 7.03. The zero-order chi connectivity index (χ0) is 30.0. The van der Waals surface area contributed by atoms with Gasteiger partial charge < -0.3 is 18.9 Å². The predicted molar refractivity (Wildman–Crippen MR) is 168 cm³/mol. The highest BCUT2D eigenvalue weighted by molar-refractivity contribution is 6.08. The zero-order valence-corrected chi connectivity index (χ0v) is 25.2. The van der Waals surface area contributed by atoms with Gasteiger partial charge in [0.25, 0.3) is 0 Å². The van der Waals surface area contributed by atoms with Crippen LogP contribution in [-0.2, 0) is 11.4 Å². The summed E-state index contributed by atoms with van der Waals surface area (Å²) < 4.78 is 22.4. The van der Waals surface area contributed by atoms with Crippen molar-refractivity contribution in [2.24, 2.45) is 0 Å². The Balaban J connectivity index is 1.63. The van der Waals surface area contributed by atoms with Crippen LogP contribution < -0.4 is 18.9 Å². The molecule has 0 unspecified atom stereocenters. The van der Waals surface area contributed by atoms with Crippen molar-refractivity contribution < 1.29 is 28.5 Å². The first-order chi connectivity index (χ1) is 20.5. The predicted octanol–water partition coefficient (Wildman–Crippen LogP) is 9.01. The summed E-state index contributed by atoms with van der Waals surface area (Å²) in [7, 11) is 3.08. The van der Waals surface area contributed by atoms with Crippen LogP contribution >= 0.6 is 0 Å². The molecule has 0 aliphatic rings. The average Bonchev–Trinajstić information content (AvgIpc) is 3.02. The topological polar surface area (TPSA) is 71.1 Å². The van der Waals surface area contributed by atoms with Crippen LogP contribution in [0.1, 0.15) is 92.6 Å². The number of allylic oxidation sites excluding steroid dienone is 1. The molecule has 0 radical (unpaired) electrons. The second-order valence-corrected chi connectivity index (χ2v) is 10.3. The van der Waals surface area contributed by atoms with Gasteiger partial charge in [-0.3, -0.25) is 9.59 Å². The maximum Gasteiger partial charge on any atom is 0.311 e. The van der Waals surface area contributed by atoms with E-state index in [1.165, 1.54) is 51.7 Å². The molecule has 3 aromatic rings. The van der Waals surface area contributed by atoms with Gasteiger partial charge in [0.2, 0.25) is 0 Å². The molecule has 0 fully saturated rings. The lowest BCUT2D eigenvalue weighted by molar-refractivity contribution is -0.134. The third kappa shape index (κ3) is 11.1. The maximum atomic E-state index is 13.0. The molecule has 42 heavy (non-hydrogen) atoms. The van der Waals surface area contributed by atoms with Crippen LogP contribution in [0, 0.1) is 0 Å². The minimum Gasteiger partial charge on any atom is -0.497 e. The van der Waals surface area contributed by atoms with Gasteiger partial charge in [-0.05, 0) is 48.4 Å². The van der Waals surface area contributed by atoms with Gasteiger partial charge in [0.1, 0.15) is 29.6 Å². The minimum absolute atomic E-state index is 0.222. The van der Waals surface area contributed by atoms with E-state index < -0.39 is 0 Å². The van der Waals surface area contributed by atoms with Gasteiger partial charge in [0.05, 0.1) is 19.8 Å². The summed E-state index contributed by atoms with van der Waals surface area (Å²) in [5.74, 6) is 1.49. The van der Waals surface area contributed by atoms with E-state index in [1.807, 2.05) is 30.3 Å². The number of carbonyl (C=O) groups excluding carboxylic acids is 2. The lowest BCUT2D eigenvalue weighted by atomic mass is 10.1. The van der Waals surface area contributed by atoms with E-state index in [4.69, 9.17) is 18.9 Å². The summed E-state index contributed by atoms with van der Waals surface area (Å²) in [6.07, 6.45) is 14.3. The molecule has 0 aliphatic heterocycles. The van der Waals surface area contributed by atoms with Crippen molar-refractivity contribution in [2.75, 3.05) is 14.2 Å². The van der Waals surface area contributed by atoms with Crippen molar-refractivity contribution >= 4 is 17.8 Å². The number of methoxy groups -OCH3 is 2. The van der Waals surface area contributed by atoms with Crippen LogP contribution in [0.5, 0.6) is 23.0 Å². The van der Waals surface area contributed by atoms with E-state index >= 15 is 0 Å². The molecule has 0 aromatic heterocycles. The van der Waals surface area contributed by atoms with E-state index in [9.17, 15) is 9.59 Å². The maximum absolute atomic E-state index is 13.0. The molecular weight excluding hydrogens is 528 g/mol. The molecule has 0 spiro atoms. The van der Waals surface area contributed by atoms with Crippen molar-refractivity contribution in [3.8, 4) is 23.0 Å². The van der Waals surface area contributed by atoms with Crippen molar-refractivity contribution in [3.63, 3.8) is 0 Å². The van der Waals surface area contributed by atoms with E-state index in [-0.39, 0.29) is 11.8 Å². The molecule has 0 atom stereocenters. The Morgan fingerprint density at radius 1 is 0.714 bits per heavy atom. The van der Waals surface area contributed by atoms with Crippen LogP contribution in [0.2, 0.25) is 0 Å². The number of carbonyl (C=O) groups is 2. The number of hydrogen-bond donors (Lipinski definition) is 0. The summed E-state index contributed by atoms with van der Waals surface area (Å²) in [5, 5.41) is 0. The Morgan fingerprint density at radius 2 is 1.38 bits per heavy atom. The number of unbranched alkanes of at least 4 members (excludes halogenated alkanes) is 8. The molecule has 3 aromatic carbocycles. The Hall–Kier alpha value is -4.06. The number of ether oxygens (including phenoxy) is 4. The van der Waals surface area contributed by atoms with Gasteiger partial charge >= 0.3 is 5.97 Å². The van der Waals surface area contributed by atoms with Crippen molar-refractivity contribution in [1.82, 2.24) is 0 Å². The summed E-state index contributed by atoms with van der Waals surface area (Å²) in [6.45, 7) is 2.56. The summed E-state index contributed by atoms with van der Waals surface area (Å²) in [5.41, 5.74) is 2.10. The zero-order valence-electron chi connectivity index (χ0n) is 25.2. The molecule has 0 heterocycles. The SMILES string of the molecule is CCCCCCCCCCCC(=O)Oc1ccc(C=CC(=O)c2ccc(OC)cc2OC)c(OCc2ccccc2)c1. The van der Waals surface area contributed by atoms with Gasteiger partial charge in [0.15, 0.2) is 5.78 Å². The van der Waals surface area contributed by atoms with Gasteiger partial charge in [-0.1, -0.05) is 88.6 Å². The largest absolute Gasteiger partial charge is 0.497 e. The lowest BCUT2D eigenvalue weighted by Gasteiger charge is -2.12. The summed E-state index contributed by atoms with van der Waals surface area (Å²) in [4.78, 5) is 25.5. The number of rotatable bonds is 19. The molecule has 0 aliphatic carbocycles. The number of hydrogen-bond acceptors (Lipinski definition) is 6. The normalized spacial score (nSPS) is 10.9. The van der Waals surface area contributed by atoms with E-state index in [0.29, 0.717) is 47.2 Å². The smallest absolute Gasteiger partial charge is 0.311 e. The first kappa shape index (κ1) is 32.5. The van der Waals surface area contributed by atoms with Gasteiger partial charge in [-0.2, -0.15) is 0 Å². The second kappa shape index (κ2) is 18.4. The fourth-order valence-electron chi connectivity index (χ4n) is 4.60. The quantitative estimate of drug-likeness (QED) is 0.0469. The highest BCUT2D eigenvalue weighted by Crippen LogP contribution is 2.29. The Morgan fingerprint density at radius 3 is 2.07 bits per heavy atom. The number of esters is 1. The van der Waals surface area contributed by atoms with Crippen LogP contribution in [0.15, 0.2) is 72.8 Å². The van der Waals surface area contributed by atoms with Crippen LogP contribution in [0.3, 0.4) is 0 Å². The minimum atomic E-state index is -0.253. The lowest BCUT2D eigenvalue weighted by Crippen LogP contribution is -2.08. The molecule has 0 saturated heterocycles. The Labute approximate surface area is 250 Å². The van der Waals surface area contributed by atoms with Crippen LogP contribution in [0.25, 0.3) is 6.08 Å². The highest BCUT2D eigenvalue weighted by Gasteiger charge is 2.13. The fraction of sp³-hybridized carbons (Fsp3) is 0.389. The van der Waals surface area contributed by atoms with Gasteiger partial charge in [0, 0.05) is 24.1 Å². The fourth-order valence-corrected chi connectivity index (χ4v) is 4.60. The summed E-state index contributed by atoms with van der Waals surface area (Å²) in [6, 6.07) is 20.1. The number of benzene rings is 3. The molecule has 6 heteroatoms. The summed E-state index contributed by atoms with van der Waals surface area (Å²) >= 11 is 0. The van der Waals surface area contributed by atoms with Crippen molar-refractivity contribution in [3.05, 3.63) is 89.5 Å². The van der Waals surface area contributed by atoms with E-state index in [2.05, 4.69) is 6.92 Å². The molecule has 0 N–H and O–H groups in total. The molecule has 0 saturated carbocycles. The molecule has 3 rings (SSSR count). The number of ketones is 1. The standard InChI is InChI=1S/C36H44O6/c1-4-5-6-7-8-9-10-11-15-18-36(38)42-31-21-19-29(34(26-31)41-27-28-16-13-12-14-17-28)20-24-33(37)32-23-22-30(39-2)25-35(32)40-3/h12-14,16-17,19-26H,4-11,15,18,27H2,1-3H3. The molecule has 0 bridgehead atoms. The highest BCUT2D eigenvalue weighted by atomic mass is 16.5. The van der Waals surface area contributed by atoms with Gasteiger partial charge in [-0.25, -0.2) is 0 Å². The Bertz CT molecular complexity index is 1280. The first-order valence-electron chi connectivity index (χ1n) is 15.0. The van der Waals surface area contributed by atoms with Crippen molar-refractivity contribution in [1.29, 1.82) is 0 Å². The molecule has 6 nitrogen and oxygen atoms in total. The third-order valence-corrected chi connectivity index (χ3v) is 7.03. The average molecular weight is 573 g/mol. The Kier molecular flexibility index (Phi) is 14.2. The van der Waals surface area contributed by atoms with Crippen LogP contribution in [0.4, 0.5) is 0 Å². The van der Waals surface area contributed by atoms with Gasteiger partial charge in [-0.15, -0.1) is 0 Å². The van der Waals surface area contributed by atoms with E-state index in [0.717, 1.165) is 24.8 Å². The first-order valence-corrected chi connectivity index (χ1v) is 15.0.